The zero-order valence-electron chi connectivity index (χ0n) is 26.7. The molecule has 3 nitrogen and oxygen atoms in total. The number of halogens is 6. The summed E-state index contributed by atoms with van der Waals surface area (Å²) in [5.74, 6) is -6.17. The van der Waals surface area contributed by atoms with Gasteiger partial charge in [-0.05, 0) is 106 Å². The molecule has 2 aromatic rings. The first kappa shape index (κ1) is 34.6. The Balaban J connectivity index is 1.06. The standard InChI is InChI=1S/C37H46F6O3/c1-2-3-4-5-23-6-8-24(9-7-23)25-12-17-29(18-13-25)45-36(44)27-14-19-31(32(38)20-27)26-10-15-28(16-11-26)37(42,43)46-30-21-33(39)35(41)34(40)22-30/h14,19-26,28-29H,2-13,15-18H2,1H3. The lowest BCUT2D eigenvalue weighted by Crippen LogP contribution is -2.37. The van der Waals surface area contributed by atoms with Crippen LogP contribution in [0.3, 0.4) is 0 Å². The average molecular weight is 653 g/mol. The number of carbonyl (C=O) groups is 1. The molecule has 3 fully saturated rings. The van der Waals surface area contributed by atoms with E-state index < -0.39 is 47.0 Å². The average Bonchev–Trinajstić information content (AvgIpc) is 3.04. The minimum atomic E-state index is -3.75. The van der Waals surface area contributed by atoms with Crippen molar-refractivity contribution in [3.63, 3.8) is 0 Å². The molecule has 0 N–H and O–H groups in total. The fraction of sp³-hybridized carbons (Fsp3) is 0.649. The molecule has 5 rings (SSSR count). The Morgan fingerprint density at radius 3 is 1.96 bits per heavy atom. The van der Waals surface area contributed by atoms with E-state index >= 15 is 4.39 Å². The van der Waals surface area contributed by atoms with Crippen LogP contribution in [0.5, 0.6) is 5.75 Å². The summed E-state index contributed by atoms with van der Waals surface area (Å²) in [6.07, 6.45) is 10.9. The molecule has 254 valence electrons. The zero-order chi connectivity index (χ0) is 32.8. The van der Waals surface area contributed by atoms with E-state index in [-0.39, 0.29) is 43.3 Å². The minimum Gasteiger partial charge on any atom is -0.459 e. The van der Waals surface area contributed by atoms with Gasteiger partial charge in [-0.1, -0.05) is 51.5 Å². The molecular formula is C37H46F6O3. The summed E-state index contributed by atoms with van der Waals surface area (Å²) < 4.78 is 95.2. The lowest BCUT2D eigenvalue weighted by molar-refractivity contribution is -0.222. The Morgan fingerprint density at radius 2 is 1.37 bits per heavy atom. The van der Waals surface area contributed by atoms with Crippen molar-refractivity contribution in [3.8, 4) is 5.75 Å². The van der Waals surface area contributed by atoms with Crippen molar-refractivity contribution in [3.05, 3.63) is 64.7 Å². The Labute approximate surface area is 268 Å². The predicted octanol–water partition coefficient (Wildman–Crippen LogP) is 11.3. The second-order valence-electron chi connectivity index (χ2n) is 13.9. The van der Waals surface area contributed by atoms with Crippen molar-refractivity contribution in [2.24, 2.45) is 23.7 Å². The maximum absolute atomic E-state index is 15.2. The van der Waals surface area contributed by atoms with Gasteiger partial charge in [0.25, 0.3) is 0 Å². The van der Waals surface area contributed by atoms with Crippen LogP contribution in [0.25, 0.3) is 0 Å². The van der Waals surface area contributed by atoms with E-state index in [0.717, 1.165) is 37.5 Å². The quantitative estimate of drug-likeness (QED) is 0.105. The van der Waals surface area contributed by atoms with Crippen LogP contribution >= 0.6 is 0 Å². The van der Waals surface area contributed by atoms with Gasteiger partial charge in [0.1, 0.15) is 17.7 Å². The lowest BCUT2D eigenvalue weighted by atomic mass is 9.70. The number of ether oxygens (including phenoxy) is 2. The Morgan fingerprint density at radius 1 is 0.761 bits per heavy atom. The number of benzene rings is 2. The van der Waals surface area contributed by atoms with Gasteiger partial charge in [0.05, 0.1) is 11.5 Å². The second-order valence-corrected chi connectivity index (χ2v) is 13.9. The lowest BCUT2D eigenvalue weighted by Gasteiger charge is -2.37. The number of alkyl halides is 2. The summed E-state index contributed by atoms with van der Waals surface area (Å²) in [4.78, 5) is 12.9. The Kier molecular flexibility index (Phi) is 11.6. The molecule has 3 aliphatic rings. The van der Waals surface area contributed by atoms with Gasteiger partial charge in [0, 0.05) is 12.1 Å². The van der Waals surface area contributed by atoms with Crippen LogP contribution in [0.4, 0.5) is 26.3 Å². The van der Waals surface area contributed by atoms with E-state index in [4.69, 9.17) is 4.74 Å². The molecule has 0 bridgehead atoms. The number of hydrogen-bond donors (Lipinski definition) is 0. The summed E-state index contributed by atoms with van der Waals surface area (Å²) >= 11 is 0. The van der Waals surface area contributed by atoms with Crippen LogP contribution < -0.4 is 4.74 Å². The topological polar surface area (TPSA) is 35.5 Å². The molecule has 2 aromatic carbocycles. The molecule has 0 spiro atoms. The van der Waals surface area contributed by atoms with Crippen LogP contribution in [0.2, 0.25) is 0 Å². The molecule has 0 heterocycles. The molecule has 46 heavy (non-hydrogen) atoms. The number of hydrogen-bond acceptors (Lipinski definition) is 3. The van der Waals surface area contributed by atoms with Crippen molar-refractivity contribution in [1.82, 2.24) is 0 Å². The number of esters is 1. The summed E-state index contributed by atoms with van der Waals surface area (Å²) in [5, 5.41) is 0. The largest absolute Gasteiger partial charge is 0.459 e. The van der Waals surface area contributed by atoms with Gasteiger partial charge in [-0.3, -0.25) is 0 Å². The molecule has 3 saturated carbocycles. The van der Waals surface area contributed by atoms with E-state index in [1.807, 2.05) is 0 Å². The van der Waals surface area contributed by atoms with Crippen molar-refractivity contribution < 1.29 is 40.6 Å². The Hall–Kier alpha value is -2.71. The van der Waals surface area contributed by atoms with Gasteiger partial charge >= 0.3 is 12.1 Å². The highest BCUT2D eigenvalue weighted by molar-refractivity contribution is 5.89. The zero-order valence-corrected chi connectivity index (χ0v) is 26.7. The summed E-state index contributed by atoms with van der Waals surface area (Å²) in [5.41, 5.74) is 0.486. The third-order valence-corrected chi connectivity index (χ3v) is 10.9. The van der Waals surface area contributed by atoms with E-state index in [0.29, 0.717) is 23.6 Å². The number of carbonyl (C=O) groups excluding carboxylic acids is 1. The minimum absolute atomic E-state index is 0.0177. The van der Waals surface area contributed by atoms with Crippen molar-refractivity contribution in [2.75, 3.05) is 0 Å². The van der Waals surface area contributed by atoms with Gasteiger partial charge in [-0.25, -0.2) is 22.4 Å². The highest BCUT2D eigenvalue weighted by Crippen LogP contribution is 2.45. The molecule has 0 aromatic heterocycles. The number of unbranched alkanes of at least 4 members (excludes halogenated alkanes) is 2. The first-order valence-corrected chi connectivity index (χ1v) is 17.3. The van der Waals surface area contributed by atoms with Crippen molar-refractivity contribution in [2.45, 2.75) is 128 Å². The van der Waals surface area contributed by atoms with Gasteiger partial charge in [-0.2, -0.15) is 8.78 Å². The third kappa shape index (κ3) is 8.60. The summed E-state index contributed by atoms with van der Waals surface area (Å²) in [6.45, 7) is 2.25. The third-order valence-electron chi connectivity index (χ3n) is 10.9. The fourth-order valence-corrected chi connectivity index (χ4v) is 8.09. The normalized spacial score (nSPS) is 27.3. The first-order chi connectivity index (χ1) is 22.0. The van der Waals surface area contributed by atoms with Crippen molar-refractivity contribution >= 4 is 5.97 Å². The predicted molar refractivity (Wildman–Crippen MR) is 164 cm³/mol. The van der Waals surface area contributed by atoms with E-state index in [9.17, 15) is 26.7 Å². The highest BCUT2D eigenvalue weighted by Gasteiger charge is 2.44. The van der Waals surface area contributed by atoms with Crippen LogP contribution in [-0.4, -0.2) is 18.2 Å². The smallest absolute Gasteiger partial charge is 0.400 e. The van der Waals surface area contributed by atoms with Gasteiger partial charge < -0.3 is 9.47 Å². The molecule has 0 amide bonds. The summed E-state index contributed by atoms with van der Waals surface area (Å²) in [7, 11) is 0. The Bertz CT molecular complexity index is 1290. The van der Waals surface area contributed by atoms with E-state index in [1.165, 1.54) is 69.6 Å². The first-order valence-electron chi connectivity index (χ1n) is 17.3. The van der Waals surface area contributed by atoms with Crippen LogP contribution in [0, 0.1) is 46.9 Å². The molecular weight excluding hydrogens is 606 g/mol. The van der Waals surface area contributed by atoms with E-state index in [2.05, 4.69) is 11.7 Å². The maximum atomic E-state index is 15.2. The maximum Gasteiger partial charge on any atom is 0.400 e. The molecule has 3 aliphatic carbocycles. The van der Waals surface area contributed by atoms with E-state index in [1.54, 1.807) is 0 Å². The second kappa shape index (κ2) is 15.5. The van der Waals surface area contributed by atoms with Crippen LogP contribution in [0.1, 0.15) is 131 Å². The van der Waals surface area contributed by atoms with Crippen LogP contribution in [-0.2, 0) is 4.74 Å². The summed E-state index contributed by atoms with van der Waals surface area (Å²) in [6, 6.07) is 5.00. The molecule has 0 unspecified atom stereocenters. The molecule has 0 atom stereocenters. The van der Waals surface area contributed by atoms with Crippen molar-refractivity contribution in [1.29, 1.82) is 0 Å². The molecule has 0 aliphatic heterocycles. The highest BCUT2D eigenvalue weighted by atomic mass is 19.3. The molecule has 9 heteroatoms. The fourth-order valence-electron chi connectivity index (χ4n) is 8.09. The van der Waals surface area contributed by atoms with Gasteiger partial charge in [0.2, 0.25) is 0 Å². The van der Waals surface area contributed by atoms with Gasteiger partial charge in [0.15, 0.2) is 17.5 Å². The monoisotopic (exact) mass is 652 g/mol. The van der Waals surface area contributed by atoms with Gasteiger partial charge in [-0.15, -0.1) is 0 Å². The molecule has 0 radical (unpaired) electrons. The van der Waals surface area contributed by atoms with Crippen LogP contribution in [0.15, 0.2) is 30.3 Å². The molecule has 0 saturated heterocycles. The number of rotatable bonds is 11. The SMILES string of the molecule is CCCCCC1CCC(C2CCC(OC(=O)c3ccc(C4CCC(C(F)(F)Oc5cc(F)c(F)c(F)c5)CC4)c(F)c3)CC2)CC1.